The molecule has 0 bridgehead atoms. The Morgan fingerprint density at radius 3 is 2.58 bits per heavy atom. The second-order valence-electron chi connectivity index (χ2n) is 3.00. The van der Waals surface area contributed by atoms with Gasteiger partial charge in [-0.15, -0.1) is 0 Å². The van der Waals surface area contributed by atoms with E-state index in [0.717, 1.165) is 19.3 Å². The molecule has 0 aromatic carbocycles. The highest BCUT2D eigenvalue weighted by molar-refractivity contribution is 5.76. The van der Waals surface area contributed by atoms with Crippen molar-refractivity contribution >= 4 is 5.91 Å². The van der Waals surface area contributed by atoms with Crippen molar-refractivity contribution in [3.63, 3.8) is 0 Å². The molecule has 0 saturated heterocycles. The van der Waals surface area contributed by atoms with E-state index in [9.17, 15) is 4.79 Å². The number of amides is 1. The molecule has 0 heterocycles. The van der Waals surface area contributed by atoms with Crippen molar-refractivity contribution in [3.05, 3.63) is 0 Å². The van der Waals surface area contributed by atoms with Gasteiger partial charge >= 0.3 is 0 Å². The third kappa shape index (κ3) is 5.13. The number of hydrogen-bond acceptors (Lipinski definition) is 2. The minimum Gasteiger partial charge on any atom is -0.353 e. The summed E-state index contributed by atoms with van der Waals surface area (Å²) in [7, 11) is 0. The van der Waals surface area contributed by atoms with Gasteiger partial charge in [-0.1, -0.05) is 20.3 Å². The Morgan fingerprint density at radius 1 is 1.50 bits per heavy atom. The summed E-state index contributed by atoms with van der Waals surface area (Å²) < 4.78 is 0. The number of hydrogen-bond donors (Lipinski definition) is 2. The second-order valence-corrected chi connectivity index (χ2v) is 3.00. The molecule has 0 aliphatic carbocycles. The zero-order chi connectivity index (χ0) is 9.40. The average Bonchev–Trinajstić information content (AvgIpc) is 2.04. The van der Waals surface area contributed by atoms with Gasteiger partial charge in [-0.05, 0) is 12.8 Å². The van der Waals surface area contributed by atoms with Crippen molar-refractivity contribution in [1.29, 1.82) is 0 Å². The van der Waals surface area contributed by atoms with Crippen LogP contribution in [0.1, 0.15) is 39.5 Å². The smallest absolute Gasteiger partial charge is 0.221 e. The number of rotatable bonds is 6. The molecular weight excluding hydrogens is 152 g/mol. The van der Waals surface area contributed by atoms with Gasteiger partial charge in [0.2, 0.25) is 5.91 Å². The molecule has 3 N–H and O–H groups in total. The first-order valence-corrected chi connectivity index (χ1v) is 4.74. The summed E-state index contributed by atoms with van der Waals surface area (Å²) in [5.74, 6) is 0.0813. The van der Waals surface area contributed by atoms with Gasteiger partial charge in [0.05, 0.1) is 0 Å². The van der Waals surface area contributed by atoms with Crippen LogP contribution in [-0.4, -0.2) is 18.5 Å². The predicted octanol–water partition coefficient (Wildman–Crippen LogP) is 1.03. The maximum absolute atomic E-state index is 11.1. The summed E-state index contributed by atoms with van der Waals surface area (Å²) >= 11 is 0. The molecule has 0 aliphatic heterocycles. The number of nitrogens with two attached hydrogens (primary N) is 1. The summed E-state index contributed by atoms with van der Waals surface area (Å²) in [6, 6.07) is 0.342. The lowest BCUT2D eigenvalue weighted by Gasteiger charge is -2.15. The molecule has 0 rings (SSSR count). The van der Waals surface area contributed by atoms with Gasteiger partial charge < -0.3 is 11.1 Å². The van der Waals surface area contributed by atoms with E-state index < -0.39 is 0 Å². The molecule has 3 nitrogen and oxygen atoms in total. The molecule has 1 unspecified atom stereocenters. The Bertz CT molecular complexity index is 126. The fraction of sp³-hybridized carbons (Fsp3) is 0.889. The Morgan fingerprint density at radius 2 is 2.17 bits per heavy atom. The molecular formula is C9H20N2O. The zero-order valence-electron chi connectivity index (χ0n) is 8.10. The Labute approximate surface area is 74.7 Å². The van der Waals surface area contributed by atoms with Gasteiger partial charge in [0.25, 0.3) is 0 Å². The van der Waals surface area contributed by atoms with Crippen LogP contribution in [0.3, 0.4) is 0 Å². The minimum absolute atomic E-state index is 0.0813. The molecule has 0 radical (unpaired) electrons. The van der Waals surface area contributed by atoms with E-state index in [1.165, 1.54) is 0 Å². The van der Waals surface area contributed by atoms with Crippen LogP contribution in [0, 0.1) is 0 Å². The molecule has 72 valence electrons. The predicted molar refractivity (Wildman–Crippen MR) is 50.8 cm³/mol. The van der Waals surface area contributed by atoms with Crippen LogP contribution in [0.15, 0.2) is 0 Å². The van der Waals surface area contributed by atoms with Gasteiger partial charge in [0.15, 0.2) is 0 Å². The van der Waals surface area contributed by atoms with Gasteiger partial charge in [-0.2, -0.15) is 0 Å². The van der Waals surface area contributed by atoms with E-state index in [1.54, 1.807) is 0 Å². The van der Waals surface area contributed by atoms with Crippen molar-refractivity contribution in [2.45, 2.75) is 45.6 Å². The molecule has 3 heteroatoms. The topological polar surface area (TPSA) is 55.1 Å². The maximum atomic E-state index is 11.1. The van der Waals surface area contributed by atoms with Crippen LogP contribution in [0.25, 0.3) is 0 Å². The summed E-state index contributed by atoms with van der Waals surface area (Å²) in [6.45, 7) is 4.65. The van der Waals surface area contributed by atoms with Gasteiger partial charge in [-0.3, -0.25) is 4.79 Å². The number of carbonyl (C=O) groups is 1. The van der Waals surface area contributed by atoms with E-state index in [-0.39, 0.29) is 5.91 Å². The molecule has 0 fully saturated rings. The minimum atomic E-state index is 0.0813. The van der Waals surface area contributed by atoms with Crippen molar-refractivity contribution in [3.8, 4) is 0 Å². The SMILES string of the molecule is CCCC(CC)NC(=O)CCN. The van der Waals surface area contributed by atoms with E-state index >= 15 is 0 Å². The molecule has 0 spiro atoms. The van der Waals surface area contributed by atoms with Crippen molar-refractivity contribution in [2.24, 2.45) is 5.73 Å². The van der Waals surface area contributed by atoms with E-state index in [1.807, 2.05) is 0 Å². The quantitative estimate of drug-likeness (QED) is 0.628. The lowest BCUT2D eigenvalue weighted by molar-refractivity contribution is -0.121. The zero-order valence-corrected chi connectivity index (χ0v) is 8.10. The molecule has 1 atom stereocenters. The largest absolute Gasteiger partial charge is 0.353 e. The average molecular weight is 172 g/mol. The van der Waals surface area contributed by atoms with E-state index in [0.29, 0.717) is 19.0 Å². The molecule has 0 saturated carbocycles. The van der Waals surface area contributed by atoms with Crippen LogP contribution >= 0.6 is 0 Å². The first-order chi connectivity index (χ1) is 5.74. The molecule has 0 aliphatic rings. The molecule has 1 amide bonds. The van der Waals surface area contributed by atoms with E-state index in [4.69, 9.17) is 5.73 Å². The Hall–Kier alpha value is -0.570. The lowest BCUT2D eigenvalue weighted by Crippen LogP contribution is -2.35. The highest BCUT2D eigenvalue weighted by atomic mass is 16.1. The van der Waals surface area contributed by atoms with Crippen LogP contribution in [0.2, 0.25) is 0 Å². The second kappa shape index (κ2) is 7.10. The van der Waals surface area contributed by atoms with Crippen molar-refractivity contribution in [1.82, 2.24) is 5.32 Å². The summed E-state index contributed by atoms with van der Waals surface area (Å²) in [5, 5.41) is 2.95. The van der Waals surface area contributed by atoms with Crippen molar-refractivity contribution < 1.29 is 4.79 Å². The Balaban J connectivity index is 3.61. The van der Waals surface area contributed by atoms with Gasteiger partial charge in [0, 0.05) is 19.0 Å². The fourth-order valence-electron chi connectivity index (χ4n) is 1.16. The summed E-state index contributed by atoms with van der Waals surface area (Å²) in [5.41, 5.74) is 5.26. The monoisotopic (exact) mass is 172 g/mol. The van der Waals surface area contributed by atoms with Crippen LogP contribution < -0.4 is 11.1 Å². The molecule has 0 aromatic heterocycles. The first kappa shape index (κ1) is 11.4. The molecule has 12 heavy (non-hydrogen) atoms. The lowest BCUT2D eigenvalue weighted by atomic mass is 10.1. The van der Waals surface area contributed by atoms with Crippen LogP contribution in [0.5, 0.6) is 0 Å². The van der Waals surface area contributed by atoms with E-state index in [2.05, 4.69) is 19.2 Å². The fourth-order valence-corrected chi connectivity index (χ4v) is 1.16. The third-order valence-electron chi connectivity index (χ3n) is 1.87. The van der Waals surface area contributed by atoms with Crippen molar-refractivity contribution in [2.75, 3.05) is 6.54 Å². The summed E-state index contributed by atoms with van der Waals surface area (Å²) in [6.07, 6.45) is 3.62. The number of nitrogens with one attached hydrogen (secondary N) is 1. The summed E-state index contributed by atoms with van der Waals surface area (Å²) in [4.78, 5) is 11.1. The van der Waals surface area contributed by atoms with Crippen LogP contribution in [-0.2, 0) is 4.79 Å². The highest BCUT2D eigenvalue weighted by Gasteiger charge is 2.07. The molecule has 0 aromatic rings. The highest BCUT2D eigenvalue weighted by Crippen LogP contribution is 2.00. The normalized spacial score (nSPS) is 12.6. The first-order valence-electron chi connectivity index (χ1n) is 4.74. The van der Waals surface area contributed by atoms with Gasteiger partial charge in [0.1, 0.15) is 0 Å². The maximum Gasteiger partial charge on any atom is 0.221 e. The van der Waals surface area contributed by atoms with Crippen LogP contribution in [0.4, 0.5) is 0 Å². The standard InChI is InChI=1S/C9H20N2O/c1-3-5-8(4-2)11-9(12)6-7-10/h8H,3-7,10H2,1-2H3,(H,11,12). The Kier molecular flexibility index (Phi) is 6.76. The number of carbonyl (C=O) groups excluding carboxylic acids is 1. The third-order valence-corrected chi connectivity index (χ3v) is 1.87. The van der Waals surface area contributed by atoms with Gasteiger partial charge in [-0.25, -0.2) is 0 Å².